The molecule has 0 spiro atoms. The molecule has 4 heteroatoms. The summed E-state index contributed by atoms with van der Waals surface area (Å²) in [4.78, 5) is 11.6. The Morgan fingerprint density at radius 3 is 2.33 bits per heavy atom. The number of carbonyl (C=O) groups excluding carboxylic acids is 1. The number of rotatable bonds is 7. The maximum absolute atomic E-state index is 11.6. The van der Waals surface area contributed by atoms with Crippen LogP contribution in [0, 0.1) is 0 Å². The molecule has 4 aromatic carbocycles. The molecule has 0 aliphatic heterocycles. The zero-order chi connectivity index (χ0) is 18.8. The highest BCUT2D eigenvalue weighted by molar-refractivity contribution is 7.80. The molecule has 2 N–H and O–H groups in total. The number of benzene rings is 4. The van der Waals surface area contributed by atoms with E-state index >= 15 is 0 Å². The Bertz CT molecular complexity index is 1080. The minimum Gasteiger partial charge on any atom is -0.465 e. The van der Waals surface area contributed by atoms with E-state index in [1.165, 1.54) is 37.9 Å². The summed E-state index contributed by atoms with van der Waals surface area (Å²) in [5.41, 5.74) is 6.95. The van der Waals surface area contributed by atoms with Crippen molar-refractivity contribution in [3.8, 4) is 0 Å². The summed E-state index contributed by atoms with van der Waals surface area (Å²) in [5.74, 6) is -0.0607. The lowest BCUT2D eigenvalue weighted by Gasteiger charge is -2.14. The van der Waals surface area contributed by atoms with Gasteiger partial charge in [0.1, 0.15) is 6.04 Å². The van der Waals surface area contributed by atoms with Crippen LogP contribution in [0.15, 0.2) is 54.6 Å². The molecular formula is C23H23NO2S. The van der Waals surface area contributed by atoms with Crippen molar-refractivity contribution in [1.29, 1.82) is 0 Å². The second-order valence-corrected chi connectivity index (χ2v) is 7.36. The highest BCUT2D eigenvalue weighted by Gasteiger charge is 2.13. The molecule has 0 aliphatic carbocycles. The Kier molecular flexibility index (Phi) is 5.19. The average molecular weight is 378 g/mol. The van der Waals surface area contributed by atoms with Crippen LogP contribution in [-0.2, 0) is 16.0 Å². The summed E-state index contributed by atoms with van der Waals surface area (Å²) in [5, 5.41) is 7.89. The summed E-state index contributed by atoms with van der Waals surface area (Å²) < 4.78 is 5.20. The summed E-state index contributed by atoms with van der Waals surface area (Å²) in [7, 11) is 0. The zero-order valence-corrected chi connectivity index (χ0v) is 16.0. The van der Waals surface area contributed by atoms with Gasteiger partial charge in [0, 0.05) is 5.75 Å². The minimum atomic E-state index is -0.633. The molecule has 0 heterocycles. The van der Waals surface area contributed by atoms with E-state index in [9.17, 15) is 4.79 Å². The third kappa shape index (κ3) is 3.47. The predicted octanol–water partition coefficient (Wildman–Crippen LogP) is 4.71. The molecule has 0 saturated carbocycles. The van der Waals surface area contributed by atoms with Crippen LogP contribution in [0.25, 0.3) is 32.3 Å². The first-order valence-corrected chi connectivity index (χ1v) is 10.0. The Morgan fingerprint density at radius 2 is 1.59 bits per heavy atom. The van der Waals surface area contributed by atoms with Gasteiger partial charge in [-0.25, -0.2) is 0 Å². The van der Waals surface area contributed by atoms with Gasteiger partial charge in [-0.05, 0) is 57.1 Å². The molecule has 27 heavy (non-hydrogen) atoms. The van der Waals surface area contributed by atoms with Gasteiger partial charge in [0.15, 0.2) is 0 Å². The molecule has 1 atom stereocenters. The Morgan fingerprint density at radius 1 is 0.926 bits per heavy atom. The highest BCUT2D eigenvalue weighted by Crippen LogP contribution is 2.36. The summed E-state index contributed by atoms with van der Waals surface area (Å²) in [6.45, 7) is 0.409. The molecule has 138 valence electrons. The van der Waals surface area contributed by atoms with Crippen molar-refractivity contribution in [1.82, 2.24) is 0 Å². The van der Waals surface area contributed by atoms with E-state index in [0.29, 0.717) is 12.4 Å². The zero-order valence-electron chi connectivity index (χ0n) is 15.2. The molecule has 1 unspecified atom stereocenters. The molecule has 0 aromatic heterocycles. The van der Waals surface area contributed by atoms with Crippen LogP contribution >= 0.6 is 12.6 Å². The summed E-state index contributed by atoms with van der Waals surface area (Å²) in [6.07, 6.45) is 2.75. The number of aryl methyl sites for hydroxylation is 1. The summed E-state index contributed by atoms with van der Waals surface area (Å²) in [6, 6.07) is 19.1. The second kappa shape index (κ2) is 7.75. The number of carbonyl (C=O) groups is 1. The molecule has 0 fully saturated rings. The molecule has 0 radical (unpaired) electrons. The molecule has 0 saturated heterocycles. The number of esters is 1. The molecule has 4 rings (SSSR count). The molecule has 0 amide bonds. The van der Waals surface area contributed by atoms with Gasteiger partial charge in [0.05, 0.1) is 6.61 Å². The van der Waals surface area contributed by atoms with Gasteiger partial charge >= 0.3 is 5.97 Å². The van der Waals surface area contributed by atoms with Gasteiger partial charge in [-0.3, -0.25) is 4.79 Å². The fraction of sp³-hybridized carbons (Fsp3) is 0.261. The third-order valence-corrected chi connectivity index (χ3v) is 5.60. The quantitative estimate of drug-likeness (QED) is 0.212. The number of hydrogen-bond acceptors (Lipinski definition) is 4. The van der Waals surface area contributed by atoms with E-state index in [0.717, 1.165) is 19.3 Å². The van der Waals surface area contributed by atoms with Crippen LogP contribution < -0.4 is 5.73 Å². The molecule has 3 nitrogen and oxygen atoms in total. The Labute approximate surface area is 164 Å². The van der Waals surface area contributed by atoms with E-state index in [1.54, 1.807) is 0 Å². The number of unbranched alkanes of at least 4 members (excludes halogenated alkanes) is 1. The summed E-state index contributed by atoms with van der Waals surface area (Å²) >= 11 is 4.02. The lowest BCUT2D eigenvalue weighted by Crippen LogP contribution is -2.34. The van der Waals surface area contributed by atoms with E-state index in [-0.39, 0.29) is 5.97 Å². The topological polar surface area (TPSA) is 52.3 Å². The van der Waals surface area contributed by atoms with Crippen LogP contribution in [0.5, 0.6) is 0 Å². The van der Waals surface area contributed by atoms with Gasteiger partial charge in [0.25, 0.3) is 0 Å². The number of ether oxygens (including phenoxy) is 1. The van der Waals surface area contributed by atoms with Crippen LogP contribution in [-0.4, -0.2) is 24.4 Å². The maximum atomic E-state index is 11.6. The van der Waals surface area contributed by atoms with Crippen molar-refractivity contribution in [2.75, 3.05) is 12.4 Å². The molecular weight excluding hydrogens is 354 g/mol. The van der Waals surface area contributed by atoms with Gasteiger partial charge in [-0.15, -0.1) is 0 Å². The first-order chi connectivity index (χ1) is 13.2. The smallest absolute Gasteiger partial charge is 0.323 e. The van der Waals surface area contributed by atoms with Crippen LogP contribution in [0.3, 0.4) is 0 Å². The van der Waals surface area contributed by atoms with Crippen molar-refractivity contribution in [3.63, 3.8) is 0 Å². The maximum Gasteiger partial charge on any atom is 0.323 e. The SMILES string of the molecule is NC(CS)C(=O)OCCCCc1ccc2ccc3cccc4ccc1c2c34. The minimum absolute atomic E-state index is 0.307. The molecule has 0 aliphatic rings. The van der Waals surface area contributed by atoms with Gasteiger partial charge in [0.2, 0.25) is 0 Å². The van der Waals surface area contributed by atoms with E-state index in [4.69, 9.17) is 10.5 Å². The van der Waals surface area contributed by atoms with Crippen LogP contribution in [0.2, 0.25) is 0 Å². The third-order valence-electron chi connectivity index (χ3n) is 5.20. The van der Waals surface area contributed by atoms with Crippen molar-refractivity contribution in [3.05, 3.63) is 60.2 Å². The normalized spacial score (nSPS) is 12.8. The number of hydrogen-bond donors (Lipinski definition) is 2. The van der Waals surface area contributed by atoms with Crippen molar-refractivity contribution in [2.24, 2.45) is 5.73 Å². The number of nitrogens with two attached hydrogens (primary N) is 1. The van der Waals surface area contributed by atoms with E-state index < -0.39 is 6.04 Å². The first kappa shape index (κ1) is 18.1. The number of thiol groups is 1. The lowest BCUT2D eigenvalue weighted by molar-refractivity contribution is -0.144. The van der Waals surface area contributed by atoms with E-state index in [2.05, 4.69) is 67.2 Å². The largest absolute Gasteiger partial charge is 0.465 e. The van der Waals surface area contributed by atoms with Crippen LogP contribution in [0.4, 0.5) is 0 Å². The fourth-order valence-electron chi connectivity index (χ4n) is 3.79. The Hall–Kier alpha value is -2.30. The first-order valence-electron chi connectivity index (χ1n) is 9.37. The highest BCUT2D eigenvalue weighted by atomic mass is 32.1. The fourth-order valence-corrected chi connectivity index (χ4v) is 3.93. The Balaban J connectivity index is 1.52. The monoisotopic (exact) mass is 377 g/mol. The van der Waals surface area contributed by atoms with Crippen molar-refractivity contribution in [2.45, 2.75) is 25.3 Å². The standard InChI is InChI=1S/C23H23NO2S/c24-20(14-27)23(25)26-13-2-1-4-15-7-8-18-10-9-16-5-3-6-17-11-12-19(15)22(18)21(16)17/h3,5-12,20,27H,1-2,4,13-14,24H2. The van der Waals surface area contributed by atoms with Crippen LogP contribution in [0.1, 0.15) is 18.4 Å². The van der Waals surface area contributed by atoms with E-state index in [1.807, 2.05) is 0 Å². The van der Waals surface area contributed by atoms with Gasteiger partial charge in [-0.1, -0.05) is 54.6 Å². The van der Waals surface area contributed by atoms with Gasteiger partial charge < -0.3 is 10.5 Å². The lowest BCUT2D eigenvalue weighted by atomic mass is 9.91. The second-order valence-electron chi connectivity index (χ2n) is 6.99. The van der Waals surface area contributed by atoms with Crippen molar-refractivity contribution >= 4 is 50.9 Å². The van der Waals surface area contributed by atoms with Gasteiger partial charge in [-0.2, -0.15) is 12.6 Å². The van der Waals surface area contributed by atoms with Crippen molar-refractivity contribution < 1.29 is 9.53 Å². The average Bonchev–Trinajstić information content (AvgIpc) is 2.71. The predicted molar refractivity (Wildman–Crippen MR) is 116 cm³/mol. The molecule has 0 bridgehead atoms. The molecule has 4 aromatic rings.